The predicted molar refractivity (Wildman–Crippen MR) is 88.3 cm³/mol. The van der Waals surface area contributed by atoms with Crippen molar-refractivity contribution in [1.29, 1.82) is 0 Å². The molecule has 0 bridgehead atoms. The van der Waals surface area contributed by atoms with E-state index in [0.717, 1.165) is 12.8 Å². The van der Waals surface area contributed by atoms with Gasteiger partial charge >= 0.3 is 0 Å². The molecule has 0 spiro atoms. The lowest BCUT2D eigenvalue weighted by molar-refractivity contribution is 0.474. The number of rotatable bonds is 4. The molecule has 3 rings (SSSR count). The van der Waals surface area contributed by atoms with Crippen LogP contribution >= 0.6 is 0 Å². The monoisotopic (exact) mass is 290 g/mol. The van der Waals surface area contributed by atoms with Gasteiger partial charge in [-0.25, -0.2) is 0 Å². The molecular weight excluding hydrogens is 272 g/mol. The summed E-state index contributed by atoms with van der Waals surface area (Å²) >= 11 is 0. The van der Waals surface area contributed by atoms with Crippen LogP contribution in [0.3, 0.4) is 0 Å². The van der Waals surface area contributed by atoms with Crippen LogP contribution in [0.1, 0.15) is 22.3 Å². The van der Waals surface area contributed by atoms with E-state index >= 15 is 0 Å². The van der Waals surface area contributed by atoms with Crippen molar-refractivity contribution in [3.05, 3.63) is 95.1 Å². The van der Waals surface area contributed by atoms with E-state index in [2.05, 4.69) is 24.3 Å². The maximum Gasteiger partial charge on any atom is 0.115 e. The highest BCUT2D eigenvalue weighted by Gasteiger charge is 2.01. The van der Waals surface area contributed by atoms with Crippen molar-refractivity contribution < 1.29 is 10.2 Å². The molecule has 0 aliphatic carbocycles. The molecule has 2 nitrogen and oxygen atoms in total. The number of hydrogen-bond donors (Lipinski definition) is 2. The molecule has 0 saturated carbocycles. The highest BCUT2D eigenvalue weighted by atomic mass is 16.3. The Balaban J connectivity index is 1.74. The van der Waals surface area contributed by atoms with Crippen molar-refractivity contribution in [3.8, 4) is 11.5 Å². The van der Waals surface area contributed by atoms with Gasteiger partial charge in [0.25, 0.3) is 0 Å². The fraction of sp³-hybridized carbons (Fsp3) is 0.100. The molecule has 2 N–H and O–H groups in total. The van der Waals surface area contributed by atoms with Gasteiger partial charge in [-0.2, -0.15) is 0 Å². The Bertz CT molecular complexity index is 681. The van der Waals surface area contributed by atoms with Crippen molar-refractivity contribution in [2.75, 3.05) is 0 Å². The molecule has 2 heteroatoms. The Labute approximate surface area is 130 Å². The van der Waals surface area contributed by atoms with Gasteiger partial charge in [-0.15, -0.1) is 0 Å². The highest BCUT2D eigenvalue weighted by molar-refractivity contribution is 5.35. The van der Waals surface area contributed by atoms with E-state index in [-0.39, 0.29) is 0 Å². The molecule has 0 radical (unpaired) electrons. The standard InChI is InChI=1S/C20H18O2/c21-19-8-4-15(5-9-19)12-17-2-1-3-18(14-17)13-16-6-10-20(22)11-7-16/h1-11,14,21-22H,12-13H2. The van der Waals surface area contributed by atoms with Gasteiger partial charge in [0, 0.05) is 0 Å². The second-order valence-corrected chi connectivity index (χ2v) is 5.51. The van der Waals surface area contributed by atoms with E-state index in [1.807, 2.05) is 24.3 Å². The zero-order valence-electron chi connectivity index (χ0n) is 12.2. The zero-order chi connectivity index (χ0) is 15.4. The van der Waals surface area contributed by atoms with Crippen LogP contribution in [0.4, 0.5) is 0 Å². The summed E-state index contributed by atoms with van der Waals surface area (Å²) in [5.41, 5.74) is 4.86. The molecule has 0 aliphatic heterocycles. The lowest BCUT2D eigenvalue weighted by atomic mass is 9.99. The summed E-state index contributed by atoms with van der Waals surface area (Å²) in [6.45, 7) is 0. The lowest BCUT2D eigenvalue weighted by Gasteiger charge is -2.07. The zero-order valence-corrected chi connectivity index (χ0v) is 12.2. The molecule has 0 fully saturated rings. The maximum atomic E-state index is 9.33. The van der Waals surface area contributed by atoms with Crippen molar-refractivity contribution >= 4 is 0 Å². The first-order valence-electron chi connectivity index (χ1n) is 7.33. The third kappa shape index (κ3) is 3.67. The fourth-order valence-corrected chi connectivity index (χ4v) is 2.55. The van der Waals surface area contributed by atoms with Crippen LogP contribution in [-0.4, -0.2) is 10.2 Å². The van der Waals surface area contributed by atoms with E-state index in [1.54, 1.807) is 24.3 Å². The van der Waals surface area contributed by atoms with Gasteiger partial charge in [-0.3, -0.25) is 0 Å². The molecule has 0 amide bonds. The summed E-state index contributed by atoms with van der Waals surface area (Å²) < 4.78 is 0. The van der Waals surface area contributed by atoms with Gasteiger partial charge in [0.15, 0.2) is 0 Å². The number of hydrogen-bond acceptors (Lipinski definition) is 2. The van der Waals surface area contributed by atoms with Gasteiger partial charge in [-0.1, -0.05) is 48.5 Å². The molecule has 0 aromatic heterocycles. The van der Waals surface area contributed by atoms with Crippen LogP contribution in [-0.2, 0) is 12.8 Å². The highest BCUT2D eigenvalue weighted by Crippen LogP contribution is 2.18. The molecule has 110 valence electrons. The number of aromatic hydroxyl groups is 2. The van der Waals surface area contributed by atoms with E-state index in [4.69, 9.17) is 0 Å². The van der Waals surface area contributed by atoms with Crippen molar-refractivity contribution in [1.82, 2.24) is 0 Å². The summed E-state index contributed by atoms with van der Waals surface area (Å²) in [4.78, 5) is 0. The molecule has 0 aliphatic rings. The summed E-state index contributed by atoms with van der Waals surface area (Å²) in [6.07, 6.45) is 1.70. The number of benzene rings is 3. The van der Waals surface area contributed by atoms with Gasteiger partial charge in [0.05, 0.1) is 0 Å². The number of phenols is 2. The quantitative estimate of drug-likeness (QED) is 0.753. The van der Waals surface area contributed by atoms with Crippen molar-refractivity contribution in [2.24, 2.45) is 0 Å². The van der Waals surface area contributed by atoms with Crippen LogP contribution in [0.2, 0.25) is 0 Å². The minimum Gasteiger partial charge on any atom is -0.508 e. The van der Waals surface area contributed by atoms with Crippen molar-refractivity contribution in [3.63, 3.8) is 0 Å². The third-order valence-electron chi connectivity index (χ3n) is 3.68. The molecule has 3 aromatic carbocycles. The minimum atomic E-state index is 0.296. The Hall–Kier alpha value is -2.74. The van der Waals surface area contributed by atoms with E-state index in [0.29, 0.717) is 11.5 Å². The minimum absolute atomic E-state index is 0.296. The first kappa shape index (κ1) is 14.2. The lowest BCUT2D eigenvalue weighted by Crippen LogP contribution is -1.92. The van der Waals surface area contributed by atoms with Crippen LogP contribution in [0.15, 0.2) is 72.8 Å². The van der Waals surface area contributed by atoms with E-state index in [1.165, 1.54) is 22.3 Å². The largest absolute Gasteiger partial charge is 0.508 e. The maximum absolute atomic E-state index is 9.33. The molecule has 0 heterocycles. The Kier molecular flexibility index (Phi) is 4.10. The van der Waals surface area contributed by atoms with Crippen LogP contribution in [0, 0.1) is 0 Å². The Morgan fingerprint density at radius 3 is 1.32 bits per heavy atom. The first-order valence-corrected chi connectivity index (χ1v) is 7.33. The summed E-state index contributed by atoms with van der Waals surface area (Å²) in [5.74, 6) is 0.592. The van der Waals surface area contributed by atoms with Gasteiger partial charge < -0.3 is 10.2 Å². The molecule has 0 atom stereocenters. The molecule has 0 saturated heterocycles. The first-order chi connectivity index (χ1) is 10.7. The van der Waals surface area contributed by atoms with Crippen LogP contribution in [0.5, 0.6) is 11.5 Å². The fourth-order valence-electron chi connectivity index (χ4n) is 2.55. The van der Waals surface area contributed by atoms with Crippen LogP contribution < -0.4 is 0 Å². The van der Waals surface area contributed by atoms with Crippen molar-refractivity contribution in [2.45, 2.75) is 12.8 Å². The second kappa shape index (κ2) is 6.35. The van der Waals surface area contributed by atoms with Gasteiger partial charge in [0.2, 0.25) is 0 Å². The summed E-state index contributed by atoms with van der Waals surface area (Å²) in [6, 6.07) is 23.2. The molecular formula is C20H18O2. The average Bonchev–Trinajstić information content (AvgIpc) is 2.52. The Morgan fingerprint density at radius 1 is 0.500 bits per heavy atom. The average molecular weight is 290 g/mol. The number of phenolic OH excluding ortho intramolecular Hbond substituents is 2. The SMILES string of the molecule is Oc1ccc(Cc2cccc(Cc3ccc(O)cc3)c2)cc1. The molecule has 3 aromatic rings. The normalized spacial score (nSPS) is 10.5. The second-order valence-electron chi connectivity index (χ2n) is 5.51. The third-order valence-corrected chi connectivity index (χ3v) is 3.68. The van der Waals surface area contributed by atoms with Crippen LogP contribution in [0.25, 0.3) is 0 Å². The summed E-state index contributed by atoms with van der Waals surface area (Å²) in [5, 5.41) is 18.7. The van der Waals surface area contributed by atoms with Gasteiger partial charge in [0.1, 0.15) is 11.5 Å². The van der Waals surface area contributed by atoms with E-state index < -0.39 is 0 Å². The molecule has 22 heavy (non-hydrogen) atoms. The predicted octanol–water partition coefficient (Wildman–Crippen LogP) is 4.28. The molecule has 0 unspecified atom stereocenters. The summed E-state index contributed by atoms with van der Waals surface area (Å²) in [7, 11) is 0. The smallest absolute Gasteiger partial charge is 0.115 e. The van der Waals surface area contributed by atoms with Gasteiger partial charge in [-0.05, 0) is 59.4 Å². The topological polar surface area (TPSA) is 40.5 Å². The Morgan fingerprint density at radius 2 is 0.909 bits per heavy atom. The van der Waals surface area contributed by atoms with E-state index in [9.17, 15) is 10.2 Å².